The Labute approximate surface area is 131 Å². The second-order valence-electron chi connectivity index (χ2n) is 5.90. The average molecular weight is 346 g/mol. The lowest BCUT2D eigenvalue weighted by Crippen LogP contribution is -2.11. The monoisotopic (exact) mass is 345 g/mol. The van der Waals surface area contributed by atoms with Crippen LogP contribution in [0.2, 0.25) is 0 Å². The van der Waals surface area contributed by atoms with E-state index in [0.717, 1.165) is 21.4 Å². The van der Waals surface area contributed by atoms with E-state index in [2.05, 4.69) is 46.8 Å². The molecule has 0 saturated carbocycles. The van der Waals surface area contributed by atoms with Crippen LogP contribution >= 0.6 is 15.9 Å². The molecule has 0 aliphatic heterocycles. The number of nitrogens with zero attached hydrogens (tertiary/aromatic N) is 3. The molecule has 0 amide bonds. The summed E-state index contributed by atoms with van der Waals surface area (Å²) in [4.78, 5) is 4.33. The second-order valence-corrected chi connectivity index (χ2v) is 6.81. The lowest BCUT2D eigenvalue weighted by molar-refractivity contribution is 0.465. The number of ether oxygens (including phenoxy) is 1. The van der Waals surface area contributed by atoms with Crippen LogP contribution in [0.15, 0.2) is 47.2 Å². The third-order valence-electron chi connectivity index (χ3n) is 3.15. The Morgan fingerprint density at radius 3 is 2.52 bits per heavy atom. The van der Waals surface area contributed by atoms with Crippen molar-refractivity contribution < 1.29 is 4.74 Å². The van der Waals surface area contributed by atoms with Gasteiger partial charge in [-0.3, -0.25) is 0 Å². The molecule has 108 valence electrons. The van der Waals surface area contributed by atoms with Gasteiger partial charge in [-0.05, 0) is 30.3 Å². The van der Waals surface area contributed by atoms with Gasteiger partial charge >= 0.3 is 0 Å². The summed E-state index contributed by atoms with van der Waals surface area (Å²) in [6, 6.07) is 9.70. The highest BCUT2D eigenvalue weighted by atomic mass is 79.9. The Bertz CT molecular complexity index is 772. The molecule has 0 aliphatic rings. The van der Waals surface area contributed by atoms with Crippen molar-refractivity contribution in [3.63, 3.8) is 0 Å². The fraction of sp³-hybridized carbons (Fsp3) is 0.250. The molecule has 21 heavy (non-hydrogen) atoms. The van der Waals surface area contributed by atoms with Crippen LogP contribution in [-0.2, 0) is 5.41 Å². The molecule has 2 heterocycles. The van der Waals surface area contributed by atoms with Crippen molar-refractivity contribution in [2.75, 3.05) is 0 Å². The zero-order valence-electron chi connectivity index (χ0n) is 12.2. The number of hydrogen-bond donors (Lipinski definition) is 0. The van der Waals surface area contributed by atoms with Crippen LogP contribution in [0.25, 0.3) is 5.52 Å². The maximum atomic E-state index is 5.88. The second kappa shape index (κ2) is 5.15. The van der Waals surface area contributed by atoms with E-state index in [1.807, 2.05) is 41.0 Å². The fourth-order valence-electron chi connectivity index (χ4n) is 1.96. The molecule has 0 aliphatic carbocycles. The van der Waals surface area contributed by atoms with Gasteiger partial charge in [-0.15, -0.1) is 0 Å². The van der Waals surface area contributed by atoms with Gasteiger partial charge in [0, 0.05) is 22.3 Å². The van der Waals surface area contributed by atoms with Crippen LogP contribution in [-0.4, -0.2) is 14.6 Å². The summed E-state index contributed by atoms with van der Waals surface area (Å²) in [5.74, 6) is 1.31. The number of benzene rings is 1. The van der Waals surface area contributed by atoms with Crippen molar-refractivity contribution in [1.82, 2.24) is 14.6 Å². The maximum absolute atomic E-state index is 5.88. The SMILES string of the molecule is CC(C)(C)c1cc2c(Oc3ccc(Br)cc3)nccn2n1. The first-order valence-electron chi connectivity index (χ1n) is 6.72. The Hall–Kier alpha value is -1.88. The number of hydrogen-bond acceptors (Lipinski definition) is 3. The first-order chi connectivity index (χ1) is 9.93. The largest absolute Gasteiger partial charge is 0.437 e. The van der Waals surface area contributed by atoms with Gasteiger partial charge in [-0.2, -0.15) is 5.10 Å². The van der Waals surface area contributed by atoms with Crippen molar-refractivity contribution in [3.8, 4) is 11.6 Å². The third kappa shape index (κ3) is 2.93. The average Bonchev–Trinajstić information content (AvgIpc) is 2.86. The molecule has 3 aromatic rings. The summed E-state index contributed by atoms with van der Waals surface area (Å²) in [5, 5.41) is 4.59. The molecule has 4 nitrogen and oxygen atoms in total. The smallest absolute Gasteiger partial charge is 0.245 e. The zero-order valence-corrected chi connectivity index (χ0v) is 13.8. The first-order valence-corrected chi connectivity index (χ1v) is 7.51. The molecule has 0 saturated heterocycles. The minimum Gasteiger partial charge on any atom is -0.437 e. The molecule has 1 aromatic carbocycles. The van der Waals surface area contributed by atoms with E-state index in [1.165, 1.54) is 0 Å². The molecular weight excluding hydrogens is 330 g/mol. The Morgan fingerprint density at radius 1 is 1.14 bits per heavy atom. The minimum atomic E-state index is -0.0130. The number of halogens is 1. The predicted molar refractivity (Wildman–Crippen MR) is 85.9 cm³/mol. The van der Waals surface area contributed by atoms with E-state index in [9.17, 15) is 0 Å². The predicted octanol–water partition coefficient (Wildman–Crippen LogP) is 4.58. The molecule has 0 atom stereocenters. The topological polar surface area (TPSA) is 39.4 Å². The first kappa shape index (κ1) is 14.1. The van der Waals surface area contributed by atoms with Crippen molar-refractivity contribution in [2.45, 2.75) is 26.2 Å². The standard InChI is InChI=1S/C16H16BrN3O/c1-16(2,3)14-10-13-15(18-8-9-20(13)19-14)21-12-6-4-11(17)5-7-12/h4-10H,1-3H3. The molecule has 0 N–H and O–H groups in total. The molecule has 0 spiro atoms. The van der Waals surface area contributed by atoms with E-state index < -0.39 is 0 Å². The van der Waals surface area contributed by atoms with Gasteiger partial charge in [0.1, 0.15) is 11.3 Å². The van der Waals surface area contributed by atoms with Crippen LogP contribution < -0.4 is 4.74 Å². The van der Waals surface area contributed by atoms with E-state index in [0.29, 0.717) is 5.88 Å². The summed E-state index contributed by atoms with van der Waals surface area (Å²) in [5.41, 5.74) is 1.86. The highest BCUT2D eigenvalue weighted by Gasteiger charge is 2.19. The highest BCUT2D eigenvalue weighted by Crippen LogP contribution is 2.28. The lowest BCUT2D eigenvalue weighted by atomic mass is 9.92. The van der Waals surface area contributed by atoms with Crippen LogP contribution in [0.1, 0.15) is 26.5 Å². The van der Waals surface area contributed by atoms with Crippen LogP contribution in [0.3, 0.4) is 0 Å². The molecule has 3 rings (SSSR count). The normalized spacial score (nSPS) is 11.8. The van der Waals surface area contributed by atoms with Crippen molar-refractivity contribution in [2.24, 2.45) is 0 Å². The Morgan fingerprint density at radius 2 is 1.86 bits per heavy atom. The fourth-order valence-corrected chi connectivity index (χ4v) is 2.22. The maximum Gasteiger partial charge on any atom is 0.245 e. The molecule has 0 radical (unpaired) electrons. The van der Waals surface area contributed by atoms with E-state index >= 15 is 0 Å². The molecule has 0 unspecified atom stereocenters. The van der Waals surface area contributed by atoms with Crippen molar-refractivity contribution >= 4 is 21.4 Å². The lowest BCUT2D eigenvalue weighted by Gasteiger charge is -2.13. The molecule has 0 bridgehead atoms. The molecular formula is C16H16BrN3O. The summed E-state index contributed by atoms with van der Waals surface area (Å²) >= 11 is 3.41. The summed E-state index contributed by atoms with van der Waals surface area (Å²) in [6.45, 7) is 6.41. The summed E-state index contributed by atoms with van der Waals surface area (Å²) in [7, 11) is 0. The van der Waals surface area contributed by atoms with Gasteiger partial charge < -0.3 is 4.74 Å². The summed E-state index contributed by atoms with van der Waals surface area (Å²) in [6.07, 6.45) is 3.53. The van der Waals surface area contributed by atoms with Gasteiger partial charge in [-0.1, -0.05) is 36.7 Å². The van der Waals surface area contributed by atoms with Crippen LogP contribution in [0.4, 0.5) is 0 Å². The summed E-state index contributed by atoms with van der Waals surface area (Å²) < 4.78 is 8.70. The molecule has 0 fully saturated rings. The van der Waals surface area contributed by atoms with Gasteiger partial charge in [0.15, 0.2) is 0 Å². The Kier molecular flexibility index (Phi) is 3.45. The van der Waals surface area contributed by atoms with Crippen LogP contribution in [0.5, 0.6) is 11.6 Å². The molecule has 5 heteroatoms. The number of fused-ring (bicyclic) bond motifs is 1. The molecule has 2 aromatic heterocycles. The van der Waals surface area contributed by atoms with Crippen molar-refractivity contribution in [1.29, 1.82) is 0 Å². The third-order valence-corrected chi connectivity index (χ3v) is 3.68. The van der Waals surface area contributed by atoms with E-state index in [4.69, 9.17) is 4.74 Å². The van der Waals surface area contributed by atoms with E-state index in [-0.39, 0.29) is 5.41 Å². The Balaban J connectivity index is 2.02. The van der Waals surface area contributed by atoms with Gasteiger partial charge in [0.2, 0.25) is 5.88 Å². The van der Waals surface area contributed by atoms with E-state index in [1.54, 1.807) is 6.20 Å². The van der Waals surface area contributed by atoms with Gasteiger partial charge in [-0.25, -0.2) is 9.50 Å². The number of rotatable bonds is 2. The van der Waals surface area contributed by atoms with Crippen LogP contribution in [0, 0.1) is 0 Å². The quantitative estimate of drug-likeness (QED) is 0.682. The van der Waals surface area contributed by atoms with Crippen molar-refractivity contribution in [3.05, 3.63) is 52.9 Å². The highest BCUT2D eigenvalue weighted by molar-refractivity contribution is 9.10. The van der Waals surface area contributed by atoms with Gasteiger partial charge in [0.05, 0.1) is 5.69 Å². The zero-order chi connectivity index (χ0) is 15.0. The van der Waals surface area contributed by atoms with Gasteiger partial charge in [0.25, 0.3) is 0 Å². The number of aromatic nitrogens is 3. The minimum absolute atomic E-state index is 0.0130.